The van der Waals surface area contributed by atoms with Crippen LogP contribution in [0.4, 0.5) is 4.79 Å². The van der Waals surface area contributed by atoms with Gasteiger partial charge in [0.15, 0.2) is 0 Å². The molecular weight excluding hydrogens is 296 g/mol. The molecule has 1 amide bonds. The minimum atomic E-state index is -1.05. The van der Waals surface area contributed by atoms with Crippen LogP contribution in [0.5, 0.6) is 5.75 Å². The monoisotopic (exact) mass is 312 g/mol. The summed E-state index contributed by atoms with van der Waals surface area (Å²) in [6.07, 6.45) is 1.12. The molecule has 0 spiro atoms. The van der Waals surface area contributed by atoms with Crippen molar-refractivity contribution < 1.29 is 14.6 Å². The molecule has 0 saturated heterocycles. The zero-order valence-corrected chi connectivity index (χ0v) is 12.3. The van der Waals surface area contributed by atoms with Crippen molar-refractivity contribution in [3.63, 3.8) is 0 Å². The van der Waals surface area contributed by atoms with Crippen molar-refractivity contribution in [2.45, 2.75) is 19.4 Å². The fraction of sp³-hybridized carbons (Fsp3) is 0.385. The number of hydrogen-bond acceptors (Lipinski definition) is 4. The molecule has 5 N–H and O–H groups in total. The normalized spacial score (nSPS) is 12.3. The summed E-state index contributed by atoms with van der Waals surface area (Å²) in [6.45, 7) is 2.52. The van der Waals surface area contributed by atoms with Gasteiger partial charge in [0.2, 0.25) is 0 Å². The number of ether oxygens (including phenoxy) is 1. The molecule has 1 aromatic heterocycles. The van der Waals surface area contributed by atoms with Crippen LogP contribution in [0.2, 0.25) is 5.02 Å². The first kappa shape index (κ1) is 15.4. The van der Waals surface area contributed by atoms with Gasteiger partial charge in [0.05, 0.1) is 17.8 Å². The van der Waals surface area contributed by atoms with Crippen molar-refractivity contribution in [1.29, 1.82) is 0 Å². The summed E-state index contributed by atoms with van der Waals surface area (Å²) in [4.78, 5) is 10.4. The maximum Gasteiger partial charge on any atom is 0.404 e. The third-order valence-corrected chi connectivity index (χ3v) is 3.32. The molecule has 0 aliphatic carbocycles. The molecule has 0 bridgehead atoms. The van der Waals surface area contributed by atoms with E-state index in [-0.39, 0.29) is 6.04 Å². The van der Waals surface area contributed by atoms with Crippen LogP contribution in [-0.2, 0) is 0 Å². The van der Waals surface area contributed by atoms with E-state index in [1.54, 1.807) is 12.3 Å². The van der Waals surface area contributed by atoms with Crippen LogP contribution in [0.1, 0.15) is 24.9 Å². The SMILES string of the molecule is CC(N)c1cc(Cl)c2cn[nH]c2c1OCCCNC(=O)O. The second-order valence-corrected chi connectivity index (χ2v) is 5.07. The minimum absolute atomic E-state index is 0.248. The van der Waals surface area contributed by atoms with Gasteiger partial charge in [0.25, 0.3) is 0 Å². The van der Waals surface area contributed by atoms with E-state index in [1.807, 2.05) is 6.92 Å². The van der Waals surface area contributed by atoms with E-state index in [2.05, 4.69) is 15.5 Å². The second kappa shape index (κ2) is 6.64. The van der Waals surface area contributed by atoms with E-state index in [4.69, 9.17) is 27.2 Å². The van der Waals surface area contributed by atoms with Gasteiger partial charge in [-0.15, -0.1) is 0 Å². The van der Waals surface area contributed by atoms with Gasteiger partial charge in [-0.05, 0) is 19.4 Å². The molecule has 21 heavy (non-hydrogen) atoms. The van der Waals surface area contributed by atoms with Crippen LogP contribution < -0.4 is 15.8 Å². The predicted molar refractivity (Wildman–Crippen MR) is 79.8 cm³/mol. The predicted octanol–water partition coefficient (Wildman–Crippen LogP) is 2.27. The van der Waals surface area contributed by atoms with E-state index in [9.17, 15) is 4.79 Å². The van der Waals surface area contributed by atoms with Gasteiger partial charge in [0.1, 0.15) is 11.3 Å². The number of nitrogens with zero attached hydrogens (tertiary/aromatic N) is 1. The fourth-order valence-corrected chi connectivity index (χ4v) is 2.26. The number of hydrogen-bond donors (Lipinski definition) is 4. The van der Waals surface area contributed by atoms with E-state index >= 15 is 0 Å². The molecule has 8 heteroatoms. The van der Waals surface area contributed by atoms with Crippen molar-refractivity contribution in [2.24, 2.45) is 5.73 Å². The second-order valence-electron chi connectivity index (χ2n) is 4.66. The van der Waals surface area contributed by atoms with Crippen LogP contribution in [0.15, 0.2) is 12.3 Å². The van der Waals surface area contributed by atoms with E-state index in [0.717, 1.165) is 10.9 Å². The first-order chi connectivity index (χ1) is 10.0. The molecule has 0 aliphatic rings. The summed E-state index contributed by atoms with van der Waals surface area (Å²) in [5, 5.41) is 18.9. The quantitative estimate of drug-likeness (QED) is 0.611. The van der Waals surface area contributed by atoms with Gasteiger partial charge in [-0.1, -0.05) is 11.6 Å². The number of nitrogens with one attached hydrogen (secondary N) is 2. The maximum absolute atomic E-state index is 10.4. The number of benzene rings is 1. The lowest BCUT2D eigenvalue weighted by Crippen LogP contribution is -2.23. The standard InChI is InChI=1S/C13H17ClN4O3/c1-7(15)8-5-10(14)9-6-17-18-11(9)12(8)21-4-2-3-16-13(19)20/h5-7,16H,2-4,15H2,1H3,(H,17,18)(H,19,20). The Bertz CT molecular complexity index is 642. The van der Waals surface area contributed by atoms with Crippen LogP contribution in [0, 0.1) is 0 Å². The van der Waals surface area contributed by atoms with Gasteiger partial charge < -0.3 is 20.9 Å². The lowest BCUT2D eigenvalue weighted by molar-refractivity contribution is 0.193. The molecule has 1 unspecified atom stereocenters. The minimum Gasteiger partial charge on any atom is -0.491 e. The Morgan fingerprint density at radius 1 is 1.67 bits per heavy atom. The molecule has 0 fully saturated rings. The van der Waals surface area contributed by atoms with Gasteiger partial charge in [-0.25, -0.2) is 4.79 Å². The van der Waals surface area contributed by atoms with Crippen LogP contribution in [-0.4, -0.2) is 34.5 Å². The number of rotatable bonds is 6. The largest absolute Gasteiger partial charge is 0.491 e. The number of nitrogens with two attached hydrogens (primary N) is 1. The molecule has 1 heterocycles. The first-order valence-corrected chi connectivity index (χ1v) is 6.89. The summed E-state index contributed by atoms with van der Waals surface area (Å²) in [5.74, 6) is 0.609. The zero-order valence-electron chi connectivity index (χ0n) is 11.5. The molecule has 2 rings (SSSR count). The zero-order chi connectivity index (χ0) is 15.4. The van der Waals surface area contributed by atoms with Gasteiger partial charge in [0, 0.05) is 23.5 Å². The Hall–Kier alpha value is -1.99. The fourth-order valence-electron chi connectivity index (χ4n) is 2.00. The summed E-state index contributed by atoms with van der Waals surface area (Å²) in [7, 11) is 0. The third kappa shape index (κ3) is 3.56. The summed E-state index contributed by atoms with van der Waals surface area (Å²) in [6, 6.07) is 1.52. The van der Waals surface area contributed by atoms with Crippen LogP contribution >= 0.6 is 11.6 Å². The molecule has 0 radical (unpaired) electrons. The van der Waals surface area contributed by atoms with Gasteiger partial charge >= 0.3 is 6.09 Å². The van der Waals surface area contributed by atoms with Crippen molar-refractivity contribution in [1.82, 2.24) is 15.5 Å². The van der Waals surface area contributed by atoms with E-state index in [1.165, 1.54) is 0 Å². The van der Waals surface area contributed by atoms with Gasteiger partial charge in [-0.3, -0.25) is 5.10 Å². The average Bonchev–Trinajstić information content (AvgIpc) is 2.89. The molecule has 0 aliphatic heterocycles. The Morgan fingerprint density at radius 3 is 3.10 bits per heavy atom. The number of amides is 1. The molecule has 1 aromatic carbocycles. The highest BCUT2D eigenvalue weighted by atomic mass is 35.5. The number of halogens is 1. The van der Waals surface area contributed by atoms with Crippen LogP contribution in [0.25, 0.3) is 10.9 Å². The first-order valence-electron chi connectivity index (χ1n) is 6.51. The molecule has 2 aromatic rings. The van der Waals surface area contributed by atoms with Crippen molar-refractivity contribution in [3.05, 3.63) is 22.8 Å². The molecule has 0 saturated carbocycles. The smallest absolute Gasteiger partial charge is 0.404 e. The topological polar surface area (TPSA) is 113 Å². The van der Waals surface area contributed by atoms with Crippen molar-refractivity contribution >= 4 is 28.6 Å². The number of aromatic nitrogens is 2. The lowest BCUT2D eigenvalue weighted by Gasteiger charge is -2.15. The van der Waals surface area contributed by atoms with Gasteiger partial charge in [-0.2, -0.15) is 5.10 Å². The number of fused-ring (bicyclic) bond motifs is 1. The average molecular weight is 313 g/mol. The Kier molecular flexibility index (Phi) is 4.87. The maximum atomic E-state index is 10.4. The molecule has 7 nitrogen and oxygen atoms in total. The molecule has 1 atom stereocenters. The van der Waals surface area contributed by atoms with Crippen molar-refractivity contribution in [2.75, 3.05) is 13.2 Å². The number of H-pyrrole nitrogens is 1. The molecular formula is C13H17ClN4O3. The number of carbonyl (C=O) groups is 1. The Balaban J connectivity index is 2.17. The summed E-state index contributed by atoms with van der Waals surface area (Å²) < 4.78 is 5.76. The number of aromatic amines is 1. The van der Waals surface area contributed by atoms with E-state index < -0.39 is 6.09 Å². The summed E-state index contributed by atoms with van der Waals surface area (Å²) >= 11 is 6.19. The summed E-state index contributed by atoms with van der Waals surface area (Å²) in [5.41, 5.74) is 7.43. The highest BCUT2D eigenvalue weighted by Gasteiger charge is 2.16. The Labute approximate surface area is 126 Å². The lowest BCUT2D eigenvalue weighted by atomic mass is 10.1. The van der Waals surface area contributed by atoms with E-state index in [0.29, 0.717) is 35.9 Å². The van der Waals surface area contributed by atoms with Crippen LogP contribution in [0.3, 0.4) is 0 Å². The number of carboxylic acid groups (broad SMARTS) is 1. The molecule has 114 valence electrons. The van der Waals surface area contributed by atoms with Crippen molar-refractivity contribution in [3.8, 4) is 5.75 Å². The Morgan fingerprint density at radius 2 is 2.43 bits per heavy atom. The highest BCUT2D eigenvalue weighted by Crippen LogP contribution is 2.36. The highest BCUT2D eigenvalue weighted by molar-refractivity contribution is 6.35. The third-order valence-electron chi connectivity index (χ3n) is 3.00.